The van der Waals surface area contributed by atoms with Crippen LogP contribution in [0.5, 0.6) is 5.88 Å². The van der Waals surface area contributed by atoms with E-state index in [-0.39, 0.29) is 5.82 Å². The number of methoxy groups -OCH3 is 1. The molecule has 18 heavy (non-hydrogen) atoms. The Hall–Kier alpha value is -1.46. The lowest BCUT2D eigenvalue weighted by Gasteiger charge is -2.12. The highest BCUT2D eigenvalue weighted by Crippen LogP contribution is 2.31. The van der Waals surface area contributed by atoms with Gasteiger partial charge in [0.2, 0.25) is 5.88 Å². The first kappa shape index (κ1) is 13.0. The van der Waals surface area contributed by atoms with E-state index in [4.69, 9.17) is 4.74 Å². The number of hydrogen-bond acceptors (Lipinski definition) is 4. The van der Waals surface area contributed by atoms with Crippen molar-refractivity contribution in [2.75, 3.05) is 21.2 Å². The molecule has 1 aromatic carbocycles. The van der Waals surface area contributed by atoms with E-state index in [1.807, 2.05) is 30.4 Å². The lowest BCUT2D eigenvalue weighted by molar-refractivity contribution is 0.392. The zero-order valence-corrected chi connectivity index (χ0v) is 11.4. The van der Waals surface area contributed by atoms with Gasteiger partial charge in [-0.2, -0.15) is 4.37 Å². The Kier molecular flexibility index (Phi) is 3.93. The van der Waals surface area contributed by atoms with E-state index in [0.29, 0.717) is 18.0 Å². The van der Waals surface area contributed by atoms with Gasteiger partial charge in [-0.3, -0.25) is 0 Å². The largest absolute Gasteiger partial charge is 0.480 e. The Morgan fingerprint density at radius 2 is 2.17 bits per heavy atom. The third kappa shape index (κ3) is 2.68. The molecule has 0 bridgehead atoms. The average molecular weight is 266 g/mol. The summed E-state index contributed by atoms with van der Waals surface area (Å²) in [6.07, 6.45) is 0. The van der Waals surface area contributed by atoms with E-state index in [0.717, 1.165) is 11.1 Å². The number of aromatic nitrogens is 1. The van der Waals surface area contributed by atoms with Gasteiger partial charge in [0.15, 0.2) is 0 Å². The number of hydrogen-bond donors (Lipinski definition) is 0. The molecule has 5 heteroatoms. The summed E-state index contributed by atoms with van der Waals surface area (Å²) in [5.41, 5.74) is 2.51. The van der Waals surface area contributed by atoms with Crippen molar-refractivity contribution in [2.24, 2.45) is 0 Å². The molecule has 2 rings (SSSR count). The Morgan fingerprint density at radius 3 is 2.83 bits per heavy atom. The molecule has 2 aromatic rings. The predicted octanol–water partition coefficient (Wildman–Crippen LogP) is 3.02. The molecule has 0 fully saturated rings. The minimum absolute atomic E-state index is 0.186. The number of nitrogens with zero attached hydrogens (tertiary/aromatic N) is 2. The van der Waals surface area contributed by atoms with Gasteiger partial charge in [-0.25, -0.2) is 4.39 Å². The topological polar surface area (TPSA) is 25.4 Å². The fourth-order valence-corrected chi connectivity index (χ4v) is 2.43. The third-order valence-electron chi connectivity index (χ3n) is 2.57. The molecule has 0 amide bonds. The van der Waals surface area contributed by atoms with Gasteiger partial charge in [0.1, 0.15) is 5.82 Å². The Labute approximate surface area is 110 Å². The molecule has 0 radical (unpaired) electrons. The van der Waals surface area contributed by atoms with Crippen LogP contribution in [0.25, 0.3) is 11.1 Å². The summed E-state index contributed by atoms with van der Waals surface area (Å²) in [5, 5.41) is 1.91. The van der Waals surface area contributed by atoms with Crippen LogP contribution >= 0.6 is 11.5 Å². The first-order chi connectivity index (χ1) is 8.61. The van der Waals surface area contributed by atoms with Gasteiger partial charge < -0.3 is 9.64 Å². The van der Waals surface area contributed by atoms with Gasteiger partial charge in [-0.1, -0.05) is 6.07 Å². The molecule has 0 saturated carbocycles. The first-order valence-electron chi connectivity index (χ1n) is 5.53. The molecule has 0 atom stereocenters. The molecule has 0 aliphatic carbocycles. The van der Waals surface area contributed by atoms with Gasteiger partial charge >= 0.3 is 0 Å². The molecule has 3 nitrogen and oxygen atoms in total. The zero-order chi connectivity index (χ0) is 13.1. The highest BCUT2D eigenvalue weighted by Gasteiger charge is 2.11. The highest BCUT2D eigenvalue weighted by molar-refractivity contribution is 7.04. The van der Waals surface area contributed by atoms with Crippen LogP contribution < -0.4 is 4.74 Å². The molecule has 0 aliphatic heterocycles. The molecular formula is C13H15FN2OS. The number of benzene rings is 1. The van der Waals surface area contributed by atoms with E-state index in [1.54, 1.807) is 13.2 Å². The second kappa shape index (κ2) is 5.46. The van der Waals surface area contributed by atoms with Crippen LogP contribution in [0.2, 0.25) is 0 Å². The molecule has 0 saturated heterocycles. The van der Waals surface area contributed by atoms with Gasteiger partial charge in [0, 0.05) is 17.5 Å². The van der Waals surface area contributed by atoms with Gasteiger partial charge in [0.05, 0.1) is 12.7 Å². The summed E-state index contributed by atoms with van der Waals surface area (Å²) < 4.78 is 23.0. The average Bonchev–Trinajstić information content (AvgIpc) is 2.79. The van der Waals surface area contributed by atoms with E-state index in [9.17, 15) is 4.39 Å². The summed E-state index contributed by atoms with van der Waals surface area (Å²) >= 11 is 1.33. The van der Waals surface area contributed by atoms with Gasteiger partial charge in [-0.05, 0) is 43.3 Å². The number of ether oxygens (including phenoxy) is 1. The number of rotatable bonds is 4. The van der Waals surface area contributed by atoms with Crippen LogP contribution in [-0.4, -0.2) is 30.5 Å². The lowest BCUT2D eigenvalue weighted by atomic mass is 10.1. The minimum atomic E-state index is -0.186. The van der Waals surface area contributed by atoms with Crippen molar-refractivity contribution in [3.05, 3.63) is 35.0 Å². The van der Waals surface area contributed by atoms with Crippen molar-refractivity contribution in [1.82, 2.24) is 9.27 Å². The molecule has 0 unspecified atom stereocenters. The second-order valence-corrected chi connectivity index (χ2v) is 4.91. The minimum Gasteiger partial charge on any atom is -0.480 e. The van der Waals surface area contributed by atoms with E-state index in [1.165, 1.54) is 17.6 Å². The monoisotopic (exact) mass is 266 g/mol. The molecule has 1 heterocycles. The number of halogens is 1. The molecule has 1 aromatic heterocycles. The molecule has 0 spiro atoms. The van der Waals surface area contributed by atoms with Crippen molar-refractivity contribution in [3.8, 4) is 17.0 Å². The third-order valence-corrected chi connectivity index (χ3v) is 3.19. The van der Waals surface area contributed by atoms with E-state index < -0.39 is 0 Å². The maximum Gasteiger partial charge on any atom is 0.232 e. The van der Waals surface area contributed by atoms with Crippen LogP contribution in [0, 0.1) is 5.82 Å². The van der Waals surface area contributed by atoms with Gasteiger partial charge in [-0.15, -0.1) is 0 Å². The lowest BCUT2D eigenvalue weighted by Crippen LogP contribution is -2.12. The van der Waals surface area contributed by atoms with Crippen LogP contribution in [0.1, 0.15) is 5.56 Å². The summed E-state index contributed by atoms with van der Waals surface area (Å²) in [5.74, 6) is 0.400. The van der Waals surface area contributed by atoms with Crippen molar-refractivity contribution in [3.63, 3.8) is 0 Å². The SMILES string of the molecule is COc1nscc1-c1ccc(F)c(CN(C)C)c1. The molecule has 0 aliphatic rings. The Morgan fingerprint density at radius 1 is 1.39 bits per heavy atom. The van der Waals surface area contributed by atoms with Crippen LogP contribution in [0.3, 0.4) is 0 Å². The quantitative estimate of drug-likeness (QED) is 0.850. The van der Waals surface area contributed by atoms with Crippen molar-refractivity contribution >= 4 is 11.5 Å². The molecular weight excluding hydrogens is 251 g/mol. The Bertz CT molecular complexity index is 540. The fraction of sp³-hybridized carbons (Fsp3) is 0.308. The fourth-order valence-electron chi connectivity index (χ4n) is 1.77. The van der Waals surface area contributed by atoms with Gasteiger partial charge in [0.25, 0.3) is 0 Å². The van der Waals surface area contributed by atoms with Crippen molar-refractivity contribution in [2.45, 2.75) is 6.54 Å². The summed E-state index contributed by atoms with van der Waals surface area (Å²) in [6, 6.07) is 5.09. The van der Waals surface area contributed by atoms with Crippen LogP contribution in [0.4, 0.5) is 4.39 Å². The summed E-state index contributed by atoms with van der Waals surface area (Å²) in [6.45, 7) is 0.569. The van der Waals surface area contributed by atoms with Crippen molar-refractivity contribution in [1.29, 1.82) is 0 Å². The first-order valence-corrected chi connectivity index (χ1v) is 6.37. The summed E-state index contributed by atoms with van der Waals surface area (Å²) in [4.78, 5) is 1.94. The maximum atomic E-state index is 13.7. The standard InChI is InChI=1S/C13H15FN2OS/c1-16(2)7-10-6-9(4-5-12(10)14)11-8-18-15-13(11)17-3/h4-6,8H,7H2,1-3H3. The van der Waals surface area contributed by atoms with Crippen LogP contribution in [-0.2, 0) is 6.54 Å². The molecule has 96 valence electrons. The Balaban J connectivity index is 2.40. The predicted molar refractivity (Wildman–Crippen MR) is 71.5 cm³/mol. The zero-order valence-electron chi connectivity index (χ0n) is 10.6. The molecule has 0 N–H and O–H groups in total. The smallest absolute Gasteiger partial charge is 0.232 e. The van der Waals surface area contributed by atoms with E-state index in [2.05, 4.69) is 4.37 Å². The van der Waals surface area contributed by atoms with E-state index >= 15 is 0 Å². The van der Waals surface area contributed by atoms with Crippen molar-refractivity contribution < 1.29 is 9.13 Å². The highest BCUT2D eigenvalue weighted by atomic mass is 32.1. The second-order valence-electron chi connectivity index (χ2n) is 4.28. The normalized spacial score (nSPS) is 10.9. The summed E-state index contributed by atoms with van der Waals surface area (Å²) in [7, 11) is 5.42. The van der Waals surface area contributed by atoms with Crippen LogP contribution in [0.15, 0.2) is 23.6 Å². The maximum absolute atomic E-state index is 13.7.